The van der Waals surface area contributed by atoms with Crippen molar-refractivity contribution in [3.05, 3.63) is 64.7 Å². The van der Waals surface area contributed by atoms with Gasteiger partial charge in [-0.2, -0.15) is 5.10 Å². The normalized spacial score (nSPS) is 16.0. The van der Waals surface area contributed by atoms with Gasteiger partial charge in [0, 0.05) is 17.5 Å². The SMILES string of the molecule is O=C(N/N=C/c1cccc(O)c1)C1CCN(Cc2ccc(Cl)cc2)CC1. The molecule has 1 heterocycles. The molecule has 1 aliphatic rings. The van der Waals surface area contributed by atoms with Crippen LogP contribution in [0.2, 0.25) is 5.02 Å². The molecule has 26 heavy (non-hydrogen) atoms. The van der Waals surface area contributed by atoms with Crippen molar-refractivity contribution in [1.82, 2.24) is 10.3 Å². The average molecular weight is 372 g/mol. The summed E-state index contributed by atoms with van der Waals surface area (Å²) in [5, 5.41) is 14.1. The second-order valence-corrected chi connectivity index (χ2v) is 6.94. The molecule has 2 N–H and O–H groups in total. The van der Waals surface area contributed by atoms with Crippen molar-refractivity contribution in [2.24, 2.45) is 11.0 Å². The highest BCUT2D eigenvalue weighted by Gasteiger charge is 2.24. The van der Waals surface area contributed by atoms with Gasteiger partial charge in [0.15, 0.2) is 0 Å². The van der Waals surface area contributed by atoms with Crippen molar-refractivity contribution < 1.29 is 9.90 Å². The van der Waals surface area contributed by atoms with Crippen molar-refractivity contribution in [2.45, 2.75) is 19.4 Å². The molecule has 2 aromatic carbocycles. The number of carbonyl (C=O) groups excluding carboxylic acids is 1. The van der Waals surface area contributed by atoms with E-state index in [1.54, 1.807) is 18.2 Å². The molecule has 0 atom stereocenters. The number of aromatic hydroxyl groups is 1. The lowest BCUT2D eigenvalue weighted by atomic mass is 9.96. The summed E-state index contributed by atoms with van der Waals surface area (Å²) in [7, 11) is 0. The molecule has 136 valence electrons. The lowest BCUT2D eigenvalue weighted by Crippen LogP contribution is -2.39. The molecule has 1 aliphatic heterocycles. The van der Waals surface area contributed by atoms with E-state index < -0.39 is 0 Å². The number of nitrogens with zero attached hydrogens (tertiary/aromatic N) is 2. The van der Waals surface area contributed by atoms with Crippen molar-refractivity contribution in [2.75, 3.05) is 13.1 Å². The van der Waals surface area contributed by atoms with Crippen LogP contribution in [0.25, 0.3) is 0 Å². The fourth-order valence-corrected chi connectivity index (χ4v) is 3.19. The summed E-state index contributed by atoms with van der Waals surface area (Å²) in [4.78, 5) is 14.6. The highest BCUT2D eigenvalue weighted by Crippen LogP contribution is 2.20. The Balaban J connectivity index is 1.43. The van der Waals surface area contributed by atoms with E-state index >= 15 is 0 Å². The summed E-state index contributed by atoms with van der Waals surface area (Å²) in [6, 6.07) is 14.6. The van der Waals surface area contributed by atoms with Gasteiger partial charge in [0.05, 0.1) is 6.21 Å². The largest absolute Gasteiger partial charge is 0.508 e. The highest BCUT2D eigenvalue weighted by molar-refractivity contribution is 6.30. The molecule has 5 nitrogen and oxygen atoms in total. The number of likely N-dealkylation sites (tertiary alicyclic amines) is 1. The number of carbonyl (C=O) groups is 1. The number of piperidine rings is 1. The Morgan fingerprint density at radius 1 is 1.23 bits per heavy atom. The maximum Gasteiger partial charge on any atom is 0.243 e. The monoisotopic (exact) mass is 371 g/mol. The number of hydrogen-bond acceptors (Lipinski definition) is 4. The van der Waals surface area contributed by atoms with Gasteiger partial charge in [-0.05, 0) is 61.3 Å². The maximum atomic E-state index is 12.3. The van der Waals surface area contributed by atoms with Gasteiger partial charge in [0.1, 0.15) is 5.75 Å². The summed E-state index contributed by atoms with van der Waals surface area (Å²) in [6.07, 6.45) is 3.18. The molecule has 1 fully saturated rings. The summed E-state index contributed by atoms with van der Waals surface area (Å²) in [6.45, 7) is 2.65. The Morgan fingerprint density at radius 3 is 2.65 bits per heavy atom. The quantitative estimate of drug-likeness (QED) is 0.625. The molecule has 0 saturated carbocycles. The van der Waals surface area contributed by atoms with Gasteiger partial charge < -0.3 is 5.11 Å². The van der Waals surface area contributed by atoms with Gasteiger partial charge in [-0.25, -0.2) is 5.43 Å². The fraction of sp³-hybridized carbons (Fsp3) is 0.300. The number of nitrogens with one attached hydrogen (secondary N) is 1. The Kier molecular flexibility index (Phi) is 6.26. The minimum atomic E-state index is -0.0486. The molecular weight excluding hydrogens is 350 g/mol. The van der Waals surface area contributed by atoms with Crippen molar-refractivity contribution >= 4 is 23.7 Å². The number of hydrazone groups is 1. The van der Waals surface area contributed by atoms with E-state index in [9.17, 15) is 9.90 Å². The van der Waals surface area contributed by atoms with Gasteiger partial charge in [-0.15, -0.1) is 0 Å². The molecule has 0 spiro atoms. The number of phenols is 1. The highest BCUT2D eigenvalue weighted by atomic mass is 35.5. The van der Waals surface area contributed by atoms with E-state index in [-0.39, 0.29) is 17.6 Å². The zero-order valence-corrected chi connectivity index (χ0v) is 15.2. The van der Waals surface area contributed by atoms with E-state index in [0.717, 1.165) is 43.1 Å². The second-order valence-electron chi connectivity index (χ2n) is 6.51. The Bertz CT molecular complexity index is 769. The first-order valence-corrected chi connectivity index (χ1v) is 9.07. The molecule has 0 aromatic heterocycles. The second kappa shape index (κ2) is 8.83. The Morgan fingerprint density at radius 2 is 1.96 bits per heavy atom. The van der Waals surface area contributed by atoms with Crippen molar-refractivity contribution in [1.29, 1.82) is 0 Å². The zero-order valence-electron chi connectivity index (χ0n) is 14.4. The Hall–Kier alpha value is -2.37. The van der Waals surface area contributed by atoms with Crippen LogP contribution in [0.5, 0.6) is 5.75 Å². The lowest BCUT2D eigenvalue weighted by Gasteiger charge is -2.30. The third kappa shape index (κ3) is 5.31. The first-order valence-electron chi connectivity index (χ1n) is 8.69. The van der Waals surface area contributed by atoms with Crippen LogP contribution >= 0.6 is 11.6 Å². The predicted molar refractivity (Wildman–Crippen MR) is 103 cm³/mol. The van der Waals surface area contributed by atoms with E-state index in [0.29, 0.717) is 0 Å². The van der Waals surface area contributed by atoms with E-state index in [2.05, 4.69) is 15.4 Å². The summed E-state index contributed by atoms with van der Waals surface area (Å²) >= 11 is 5.91. The number of rotatable bonds is 5. The van der Waals surface area contributed by atoms with Crippen LogP contribution in [0, 0.1) is 5.92 Å². The fourth-order valence-electron chi connectivity index (χ4n) is 3.07. The van der Waals surface area contributed by atoms with Crippen molar-refractivity contribution in [3.8, 4) is 5.75 Å². The van der Waals surface area contributed by atoms with Crippen LogP contribution in [-0.4, -0.2) is 35.2 Å². The molecule has 1 amide bonds. The summed E-state index contributed by atoms with van der Waals surface area (Å²) < 4.78 is 0. The van der Waals surface area contributed by atoms with Crippen LogP contribution < -0.4 is 5.43 Å². The molecule has 0 aliphatic carbocycles. The minimum absolute atomic E-state index is 0.0159. The average Bonchev–Trinajstić information content (AvgIpc) is 2.64. The minimum Gasteiger partial charge on any atom is -0.508 e. The molecule has 0 unspecified atom stereocenters. The molecule has 3 rings (SSSR count). The van der Waals surface area contributed by atoms with Crippen LogP contribution in [0.15, 0.2) is 53.6 Å². The lowest BCUT2D eigenvalue weighted by molar-refractivity contribution is -0.126. The Labute approximate surface area is 158 Å². The van der Waals surface area contributed by atoms with Gasteiger partial charge in [-0.3, -0.25) is 9.69 Å². The maximum absolute atomic E-state index is 12.3. The molecule has 6 heteroatoms. The van der Waals surface area contributed by atoms with Crippen LogP contribution in [0.4, 0.5) is 0 Å². The molecule has 0 radical (unpaired) electrons. The van der Waals surface area contributed by atoms with Crippen LogP contribution in [0.1, 0.15) is 24.0 Å². The standard InChI is InChI=1S/C20H22ClN3O2/c21-18-6-4-15(5-7-18)14-24-10-8-17(9-11-24)20(26)23-22-13-16-2-1-3-19(25)12-16/h1-7,12-13,17,25H,8-11,14H2,(H,23,26)/b22-13+. The van der Waals surface area contributed by atoms with Crippen molar-refractivity contribution in [3.63, 3.8) is 0 Å². The van der Waals surface area contributed by atoms with E-state index in [4.69, 9.17) is 11.6 Å². The number of hydrogen-bond donors (Lipinski definition) is 2. The zero-order chi connectivity index (χ0) is 18.4. The van der Waals surface area contributed by atoms with Gasteiger partial charge in [0.25, 0.3) is 0 Å². The van der Waals surface area contributed by atoms with Gasteiger partial charge >= 0.3 is 0 Å². The van der Waals surface area contributed by atoms with E-state index in [1.807, 2.05) is 30.3 Å². The number of phenolic OH excluding ortho intramolecular Hbond substituents is 1. The molecule has 2 aromatic rings. The number of benzene rings is 2. The molecule has 1 saturated heterocycles. The molecular formula is C20H22ClN3O2. The topological polar surface area (TPSA) is 64.9 Å². The van der Waals surface area contributed by atoms with E-state index in [1.165, 1.54) is 11.8 Å². The number of halogens is 1. The smallest absolute Gasteiger partial charge is 0.243 e. The molecule has 0 bridgehead atoms. The van der Waals surface area contributed by atoms with Gasteiger partial charge in [0.2, 0.25) is 5.91 Å². The summed E-state index contributed by atoms with van der Waals surface area (Å²) in [5.41, 5.74) is 4.58. The first-order chi connectivity index (χ1) is 12.6. The number of amides is 1. The van der Waals surface area contributed by atoms with Crippen LogP contribution in [0.3, 0.4) is 0 Å². The first kappa shape index (κ1) is 18.4. The predicted octanol–water partition coefficient (Wildman–Crippen LogP) is 3.41. The van der Waals surface area contributed by atoms with Gasteiger partial charge in [-0.1, -0.05) is 35.9 Å². The van der Waals surface area contributed by atoms with Crippen LogP contribution in [-0.2, 0) is 11.3 Å². The third-order valence-electron chi connectivity index (χ3n) is 4.54. The third-order valence-corrected chi connectivity index (χ3v) is 4.79. The summed E-state index contributed by atoms with van der Waals surface area (Å²) in [5.74, 6) is 0.110.